The first-order valence-electron chi connectivity index (χ1n) is 5.15. The fourth-order valence-electron chi connectivity index (χ4n) is 1.40. The molecule has 1 aromatic heterocycles. The second kappa shape index (κ2) is 5.01. The van der Waals surface area contributed by atoms with Gasteiger partial charge < -0.3 is 9.84 Å². The summed E-state index contributed by atoms with van der Waals surface area (Å²) in [5.74, 6) is 1.00. The van der Waals surface area contributed by atoms with E-state index in [1.54, 1.807) is 30.5 Å². The molecular weight excluding hydrogens is 240 g/mol. The van der Waals surface area contributed by atoms with Gasteiger partial charge in [-0.25, -0.2) is 9.97 Å². The van der Waals surface area contributed by atoms with Gasteiger partial charge in [0, 0.05) is 11.8 Å². The van der Waals surface area contributed by atoms with Crippen LogP contribution in [0.4, 0.5) is 0 Å². The first-order chi connectivity index (χ1) is 8.20. The first-order valence-corrected chi connectivity index (χ1v) is 5.53. The van der Waals surface area contributed by atoms with Crippen LogP contribution in [0.3, 0.4) is 0 Å². The molecule has 0 amide bonds. The minimum Gasteiger partial charge on any atom is -0.504 e. The normalized spacial score (nSPS) is 10.2. The molecule has 0 aliphatic rings. The molecule has 0 aliphatic heterocycles. The SMILES string of the molecule is CCOc1cc(-c2nccc(Cl)n2)ccc1O. The minimum atomic E-state index is 0.0950. The number of aromatic hydroxyl groups is 1. The molecule has 17 heavy (non-hydrogen) atoms. The number of rotatable bonds is 3. The number of benzene rings is 1. The fourth-order valence-corrected chi connectivity index (χ4v) is 1.54. The van der Waals surface area contributed by atoms with E-state index in [1.807, 2.05) is 6.92 Å². The number of phenolic OH excluding ortho intramolecular Hbond substituents is 1. The molecule has 0 saturated heterocycles. The number of hydrogen-bond donors (Lipinski definition) is 1. The van der Waals surface area contributed by atoms with Crippen molar-refractivity contribution in [1.29, 1.82) is 0 Å². The summed E-state index contributed by atoms with van der Waals surface area (Å²) in [5.41, 5.74) is 0.744. The molecule has 0 fully saturated rings. The van der Waals surface area contributed by atoms with Gasteiger partial charge in [0.2, 0.25) is 0 Å². The Morgan fingerprint density at radius 1 is 1.35 bits per heavy atom. The van der Waals surface area contributed by atoms with Crippen molar-refractivity contribution in [2.24, 2.45) is 0 Å². The lowest BCUT2D eigenvalue weighted by molar-refractivity contribution is 0.318. The summed E-state index contributed by atoms with van der Waals surface area (Å²) < 4.78 is 5.29. The Balaban J connectivity index is 2.42. The predicted molar refractivity (Wildman–Crippen MR) is 65.3 cm³/mol. The molecular formula is C12H11ClN2O2. The van der Waals surface area contributed by atoms with Crippen LogP contribution in [-0.4, -0.2) is 21.7 Å². The highest BCUT2D eigenvalue weighted by Gasteiger charge is 2.07. The number of hydrogen-bond acceptors (Lipinski definition) is 4. The van der Waals surface area contributed by atoms with Crippen LogP contribution in [0.1, 0.15) is 6.92 Å². The lowest BCUT2D eigenvalue weighted by Gasteiger charge is -2.07. The molecule has 1 aromatic carbocycles. The van der Waals surface area contributed by atoms with Crippen molar-refractivity contribution in [2.45, 2.75) is 6.92 Å². The van der Waals surface area contributed by atoms with Crippen LogP contribution >= 0.6 is 11.6 Å². The zero-order valence-electron chi connectivity index (χ0n) is 9.22. The van der Waals surface area contributed by atoms with Gasteiger partial charge in [-0.1, -0.05) is 11.6 Å². The summed E-state index contributed by atoms with van der Waals surface area (Å²) in [6.07, 6.45) is 1.58. The van der Waals surface area contributed by atoms with Gasteiger partial charge >= 0.3 is 0 Å². The standard InChI is InChI=1S/C12H11ClN2O2/c1-2-17-10-7-8(3-4-9(10)16)12-14-6-5-11(13)15-12/h3-7,16H,2H2,1H3. The van der Waals surface area contributed by atoms with Gasteiger partial charge in [0.25, 0.3) is 0 Å². The van der Waals surface area contributed by atoms with Crippen LogP contribution in [-0.2, 0) is 0 Å². The summed E-state index contributed by atoms with van der Waals surface area (Å²) in [7, 11) is 0. The Morgan fingerprint density at radius 2 is 2.18 bits per heavy atom. The molecule has 5 heteroatoms. The first kappa shape index (κ1) is 11.7. The quantitative estimate of drug-likeness (QED) is 0.851. The Hall–Kier alpha value is -1.81. The largest absolute Gasteiger partial charge is 0.504 e. The van der Waals surface area contributed by atoms with Crippen LogP contribution in [0.5, 0.6) is 11.5 Å². The molecule has 88 valence electrons. The molecule has 2 aromatic rings. The van der Waals surface area contributed by atoms with E-state index in [-0.39, 0.29) is 5.75 Å². The second-order valence-electron chi connectivity index (χ2n) is 3.32. The molecule has 0 aliphatic carbocycles. The molecule has 1 N–H and O–H groups in total. The third kappa shape index (κ3) is 2.65. The maximum absolute atomic E-state index is 9.58. The molecule has 0 radical (unpaired) electrons. The van der Waals surface area contributed by atoms with Crippen molar-refractivity contribution >= 4 is 11.6 Å². The van der Waals surface area contributed by atoms with E-state index >= 15 is 0 Å². The minimum absolute atomic E-state index is 0.0950. The monoisotopic (exact) mass is 250 g/mol. The van der Waals surface area contributed by atoms with Gasteiger partial charge in [-0.05, 0) is 31.2 Å². The maximum atomic E-state index is 9.58. The summed E-state index contributed by atoms with van der Waals surface area (Å²) in [5, 5.41) is 9.95. The van der Waals surface area contributed by atoms with Crippen LogP contribution < -0.4 is 4.74 Å². The Kier molecular flexibility index (Phi) is 3.44. The summed E-state index contributed by atoms with van der Waals surface area (Å²) >= 11 is 5.80. The molecule has 0 saturated carbocycles. The average molecular weight is 251 g/mol. The van der Waals surface area contributed by atoms with E-state index in [2.05, 4.69) is 9.97 Å². The van der Waals surface area contributed by atoms with Crippen molar-refractivity contribution in [2.75, 3.05) is 6.61 Å². The number of phenols is 1. The van der Waals surface area contributed by atoms with Gasteiger partial charge in [-0.2, -0.15) is 0 Å². The molecule has 4 nitrogen and oxygen atoms in total. The highest BCUT2D eigenvalue weighted by atomic mass is 35.5. The van der Waals surface area contributed by atoms with Crippen molar-refractivity contribution in [3.05, 3.63) is 35.6 Å². The lowest BCUT2D eigenvalue weighted by Crippen LogP contribution is -1.93. The Labute approximate surface area is 104 Å². The third-order valence-electron chi connectivity index (χ3n) is 2.14. The number of ether oxygens (including phenoxy) is 1. The predicted octanol–water partition coefficient (Wildman–Crippen LogP) is 2.90. The number of aromatic nitrogens is 2. The van der Waals surface area contributed by atoms with Gasteiger partial charge in [0.15, 0.2) is 17.3 Å². The number of halogens is 1. The summed E-state index contributed by atoms with van der Waals surface area (Å²) in [4.78, 5) is 8.20. The van der Waals surface area contributed by atoms with Crippen molar-refractivity contribution < 1.29 is 9.84 Å². The van der Waals surface area contributed by atoms with E-state index in [4.69, 9.17) is 16.3 Å². The van der Waals surface area contributed by atoms with Crippen LogP contribution in [0, 0.1) is 0 Å². The van der Waals surface area contributed by atoms with Crippen molar-refractivity contribution in [1.82, 2.24) is 9.97 Å². The number of nitrogens with zero attached hydrogens (tertiary/aromatic N) is 2. The van der Waals surface area contributed by atoms with E-state index in [1.165, 1.54) is 0 Å². The zero-order valence-corrected chi connectivity index (χ0v) is 9.98. The molecule has 0 bridgehead atoms. The van der Waals surface area contributed by atoms with Crippen LogP contribution in [0.25, 0.3) is 11.4 Å². The average Bonchev–Trinajstić information content (AvgIpc) is 2.32. The third-order valence-corrected chi connectivity index (χ3v) is 2.35. The van der Waals surface area contributed by atoms with Crippen molar-refractivity contribution in [3.63, 3.8) is 0 Å². The van der Waals surface area contributed by atoms with Gasteiger partial charge in [-0.15, -0.1) is 0 Å². The molecule has 1 heterocycles. The van der Waals surface area contributed by atoms with E-state index in [0.717, 1.165) is 5.56 Å². The Bertz CT molecular complexity index is 532. The maximum Gasteiger partial charge on any atom is 0.161 e. The van der Waals surface area contributed by atoms with Gasteiger partial charge in [-0.3, -0.25) is 0 Å². The van der Waals surface area contributed by atoms with Gasteiger partial charge in [0.05, 0.1) is 6.61 Å². The smallest absolute Gasteiger partial charge is 0.161 e. The van der Waals surface area contributed by atoms with E-state index in [0.29, 0.717) is 23.3 Å². The highest BCUT2D eigenvalue weighted by molar-refractivity contribution is 6.29. The molecule has 2 rings (SSSR count). The van der Waals surface area contributed by atoms with E-state index in [9.17, 15) is 5.11 Å². The van der Waals surface area contributed by atoms with Gasteiger partial charge in [0.1, 0.15) is 5.15 Å². The highest BCUT2D eigenvalue weighted by Crippen LogP contribution is 2.30. The van der Waals surface area contributed by atoms with Crippen molar-refractivity contribution in [3.8, 4) is 22.9 Å². The summed E-state index contributed by atoms with van der Waals surface area (Å²) in [6.45, 7) is 2.33. The summed E-state index contributed by atoms with van der Waals surface area (Å²) in [6, 6.07) is 6.55. The van der Waals surface area contributed by atoms with Crippen LogP contribution in [0.15, 0.2) is 30.5 Å². The fraction of sp³-hybridized carbons (Fsp3) is 0.167. The second-order valence-corrected chi connectivity index (χ2v) is 3.71. The topological polar surface area (TPSA) is 55.2 Å². The molecule has 0 atom stereocenters. The lowest BCUT2D eigenvalue weighted by atomic mass is 10.2. The Morgan fingerprint density at radius 3 is 2.88 bits per heavy atom. The van der Waals surface area contributed by atoms with Crippen LogP contribution in [0.2, 0.25) is 5.15 Å². The van der Waals surface area contributed by atoms with E-state index < -0.39 is 0 Å². The molecule has 0 unspecified atom stereocenters. The molecule has 0 spiro atoms. The zero-order chi connectivity index (χ0) is 12.3.